The number of hydrogen-bond acceptors (Lipinski definition) is 9. The molecule has 4 aliphatic rings. The number of benzene rings is 2. The number of thioether (sulfide) groups is 2. The van der Waals surface area contributed by atoms with E-state index in [1.54, 1.807) is 74.5 Å². The van der Waals surface area contributed by atoms with Crippen LogP contribution in [-0.4, -0.2) is 84.7 Å². The van der Waals surface area contributed by atoms with Crippen molar-refractivity contribution in [3.8, 4) is 0 Å². The van der Waals surface area contributed by atoms with Gasteiger partial charge in [-0.05, 0) is 36.1 Å². The topological polar surface area (TPSA) is 191 Å². The van der Waals surface area contributed by atoms with Gasteiger partial charge in [-0.15, -0.1) is 23.5 Å². The number of fused-ring (bicyclic) bond motifs is 2. The largest absolute Gasteiger partial charge is 0.477 e. The van der Waals surface area contributed by atoms with Gasteiger partial charge in [0.1, 0.15) is 46.3 Å². The van der Waals surface area contributed by atoms with E-state index in [-0.39, 0.29) is 11.4 Å². The predicted octanol–water partition coefficient (Wildman–Crippen LogP) is 0.976. The molecule has 2 aromatic carbocycles. The molecule has 1 unspecified atom stereocenters. The normalized spacial score (nSPS) is 24.7. The maximum atomic E-state index is 13.9. The standard InChI is InChI=1S/C32H32N6O7S2/c1-15-13-46-30-21(35-25(39)19(33)17-9-5-3-6-10-17)28(42)37(30)23(15)27(41)34-20(18-11-7-4-8-12-18)26(40)36-22-29(43)38-24(32(44)45)16(2)14-47-31(22)38/h3-12,19-22,30-31H,13-14,33H2,1-2H3,(H,34,41)(H,35,39)(H,36,40)(H,44,45)/t19-,20-,21-,22-,30-,31?/m1/s1. The molecule has 244 valence electrons. The van der Waals surface area contributed by atoms with Crippen molar-refractivity contribution in [1.82, 2.24) is 25.8 Å². The fraction of sp³-hybridized carbons (Fsp3) is 0.312. The first-order valence-corrected chi connectivity index (χ1v) is 16.9. The maximum absolute atomic E-state index is 13.9. The first-order valence-electron chi connectivity index (χ1n) is 14.8. The van der Waals surface area contributed by atoms with Crippen molar-refractivity contribution in [3.05, 3.63) is 94.3 Å². The Morgan fingerprint density at radius 1 is 0.766 bits per heavy atom. The number of amides is 5. The Balaban J connectivity index is 1.17. The highest BCUT2D eigenvalue weighted by molar-refractivity contribution is 8.00. The molecule has 6 atom stereocenters. The number of carboxylic acids is 1. The van der Waals surface area contributed by atoms with Crippen LogP contribution < -0.4 is 21.7 Å². The minimum Gasteiger partial charge on any atom is -0.477 e. The Morgan fingerprint density at radius 2 is 1.23 bits per heavy atom. The van der Waals surface area contributed by atoms with E-state index < -0.39 is 70.4 Å². The van der Waals surface area contributed by atoms with Gasteiger partial charge in [0.05, 0.1) is 0 Å². The SMILES string of the molecule is CC1=C(C(=O)O)N2C(=O)[C@@H](NC(=O)[C@H](NC(=O)C3=C(C)CS[C@@H]4[C@H](NC(=O)[C@H](N)c5ccccc5)C(=O)N34)c3ccccc3)C2SC1. The highest BCUT2D eigenvalue weighted by Gasteiger charge is 2.55. The van der Waals surface area contributed by atoms with Crippen LogP contribution >= 0.6 is 23.5 Å². The fourth-order valence-corrected chi connectivity index (χ4v) is 8.59. The quantitative estimate of drug-likeness (QED) is 0.239. The molecule has 15 heteroatoms. The number of carboxylic acid groups (broad SMARTS) is 1. The van der Waals surface area contributed by atoms with Gasteiger partial charge in [0.2, 0.25) is 11.8 Å². The number of carbonyl (C=O) groups excluding carboxylic acids is 5. The Hall–Kier alpha value is -4.60. The van der Waals surface area contributed by atoms with Gasteiger partial charge in [-0.3, -0.25) is 33.8 Å². The number of nitrogens with one attached hydrogen (secondary N) is 3. The van der Waals surface area contributed by atoms with Crippen molar-refractivity contribution in [2.45, 2.75) is 48.8 Å². The zero-order valence-corrected chi connectivity index (χ0v) is 27.0. The van der Waals surface area contributed by atoms with Gasteiger partial charge in [0, 0.05) is 11.5 Å². The van der Waals surface area contributed by atoms with Crippen LogP contribution in [0.25, 0.3) is 0 Å². The van der Waals surface area contributed by atoms with Crippen LogP contribution in [0.4, 0.5) is 0 Å². The Bertz CT molecular complexity index is 1730. The summed E-state index contributed by atoms with van der Waals surface area (Å²) >= 11 is 2.74. The van der Waals surface area contributed by atoms with Gasteiger partial charge < -0.3 is 26.8 Å². The summed E-state index contributed by atoms with van der Waals surface area (Å²) in [6.45, 7) is 3.37. The molecule has 6 N–H and O–H groups in total. The number of rotatable bonds is 9. The third-order valence-corrected chi connectivity index (χ3v) is 11.3. The van der Waals surface area contributed by atoms with E-state index >= 15 is 0 Å². The third-order valence-electron chi connectivity index (χ3n) is 8.44. The second-order valence-electron chi connectivity index (χ2n) is 11.6. The maximum Gasteiger partial charge on any atom is 0.352 e. The highest BCUT2D eigenvalue weighted by Crippen LogP contribution is 2.42. The fourth-order valence-electron chi connectivity index (χ4n) is 6.00. The molecule has 2 aromatic rings. The summed E-state index contributed by atoms with van der Waals surface area (Å²) in [4.78, 5) is 81.2. The molecule has 0 bridgehead atoms. The Labute approximate surface area is 278 Å². The molecular formula is C32H32N6O7S2. The second kappa shape index (κ2) is 12.9. The average Bonchev–Trinajstić information content (AvgIpc) is 3.08. The number of hydrogen-bond donors (Lipinski definition) is 5. The molecule has 2 saturated heterocycles. The molecule has 0 radical (unpaired) electrons. The van der Waals surface area contributed by atoms with Crippen LogP contribution in [0.15, 0.2) is 83.2 Å². The molecular weight excluding hydrogens is 645 g/mol. The van der Waals surface area contributed by atoms with E-state index in [0.29, 0.717) is 33.8 Å². The van der Waals surface area contributed by atoms with Gasteiger partial charge in [0.25, 0.3) is 17.7 Å². The van der Waals surface area contributed by atoms with Gasteiger partial charge in [-0.2, -0.15) is 0 Å². The van der Waals surface area contributed by atoms with Crippen molar-refractivity contribution < 1.29 is 33.9 Å². The van der Waals surface area contributed by atoms with E-state index in [0.717, 1.165) is 0 Å². The van der Waals surface area contributed by atoms with Crippen molar-refractivity contribution in [1.29, 1.82) is 0 Å². The van der Waals surface area contributed by atoms with Crippen molar-refractivity contribution in [2.75, 3.05) is 11.5 Å². The average molecular weight is 677 g/mol. The molecule has 0 saturated carbocycles. The second-order valence-corrected chi connectivity index (χ2v) is 13.8. The lowest BCUT2D eigenvalue weighted by Crippen LogP contribution is -2.72. The minimum atomic E-state index is -1.24. The highest BCUT2D eigenvalue weighted by atomic mass is 32.2. The van der Waals surface area contributed by atoms with E-state index in [1.807, 2.05) is 0 Å². The molecule has 0 aromatic heterocycles. The van der Waals surface area contributed by atoms with Gasteiger partial charge in [0.15, 0.2) is 0 Å². The summed E-state index contributed by atoms with van der Waals surface area (Å²) in [5, 5.41) is 16.7. The molecule has 47 heavy (non-hydrogen) atoms. The van der Waals surface area contributed by atoms with Crippen molar-refractivity contribution in [2.24, 2.45) is 5.73 Å². The lowest BCUT2D eigenvalue weighted by molar-refractivity contribution is -0.151. The number of β-lactam (4-membered cyclic amide) rings is 2. The number of carbonyl (C=O) groups is 6. The molecule has 5 amide bonds. The van der Waals surface area contributed by atoms with Crippen LogP contribution in [0.3, 0.4) is 0 Å². The lowest BCUT2D eigenvalue weighted by atomic mass is 9.99. The van der Waals surface area contributed by atoms with Gasteiger partial charge >= 0.3 is 5.97 Å². The summed E-state index contributed by atoms with van der Waals surface area (Å²) in [5.41, 5.74) is 8.34. The summed E-state index contributed by atoms with van der Waals surface area (Å²) in [5.74, 6) is -3.31. The number of aliphatic carboxylic acids is 1. The molecule has 2 fully saturated rings. The zero-order chi connectivity index (χ0) is 33.6. The van der Waals surface area contributed by atoms with Crippen molar-refractivity contribution >= 4 is 59.0 Å². The van der Waals surface area contributed by atoms with Crippen LogP contribution in [0.5, 0.6) is 0 Å². The lowest BCUT2D eigenvalue weighted by Gasteiger charge is -2.50. The summed E-state index contributed by atoms with van der Waals surface area (Å²) in [6, 6.07) is 13.1. The van der Waals surface area contributed by atoms with Crippen LogP contribution in [0.1, 0.15) is 37.1 Å². The molecule has 0 aliphatic carbocycles. The smallest absolute Gasteiger partial charge is 0.352 e. The van der Waals surface area contributed by atoms with E-state index in [2.05, 4.69) is 16.0 Å². The monoisotopic (exact) mass is 676 g/mol. The van der Waals surface area contributed by atoms with E-state index in [4.69, 9.17) is 5.73 Å². The first-order chi connectivity index (χ1) is 22.5. The van der Waals surface area contributed by atoms with Gasteiger partial charge in [-0.25, -0.2) is 4.79 Å². The molecule has 13 nitrogen and oxygen atoms in total. The minimum absolute atomic E-state index is 0.0833. The zero-order valence-electron chi connectivity index (χ0n) is 25.3. The molecule has 0 spiro atoms. The molecule has 4 aliphatic heterocycles. The third kappa shape index (κ3) is 5.79. The van der Waals surface area contributed by atoms with Crippen LogP contribution in [0, 0.1) is 0 Å². The predicted molar refractivity (Wildman–Crippen MR) is 174 cm³/mol. The van der Waals surface area contributed by atoms with E-state index in [1.165, 1.54) is 33.3 Å². The number of nitrogens with zero attached hydrogens (tertiary/aromatic N) is 2. The number of nitrogens with two attached hydrogens (primary N) is 1. The Kier molecular flexibility index (Phi) is 8.87. The van der Waals surface area contributed by atoms with Crippen LogP contribution in [-0.2, 0) is 28.8 Å². The molecule has 6 rings (SSSR count). The molecule has 4 heterocycles. The van der Waals surface area contributed by atoms with Crippen molar-refractivity contribution in [3.63, 3.8) is 0 Å². The summed E-state index contributed by atoms with van der Waals surface area (Å²) in [7, 11) is 0. The Morgan fingerprint density at radius 3 is 1.77 bits per heavy atom. The van der Waals surface area contributed by atoms with Crippen LogP contribution in [0.2, 0.25) is 0 Å². The summed E-state index contributed by atoms with van der Waals surface area (Å²) in [6.07, 6.45) is 0. The van der Waals surface area contributed by atoms with Gasteiger partial charge in [-0.1, -0.05) is 60.7 Å². The van der Waals surface area contributed by atoms with E-state index in [9.17, 15) is 33.9 Å². The first kappa shape index (κ1) is 32.3. The summed E-state index contributed by atoms with van der Waals surface area (Å²) < 4.78 is 0.